The van der Waals surface area contributed by atoms with Crippen LogP contribution in [0.1, 0.15) is 85.0 Å². The summed E-state index contributed by atoms with van der Waals surface area (Å²) in [7, 11) is 0. The number of esters is 2. The number of unbranched alkanes of at least 4 members (excludes halogenated alkanes) is 6. The minimum Gasteiger partial charge on any atom is -0.465 e. The minimum absolute atomic E-state index is 0.00937. The molecule has 3 atom stereocenters. The molecule has 5 N–H and O–H groups in total. The highest BCUT2D eigenvalue weighted by molar-refractivity contribution is 5.75. The van der Waals surface area contributed by atoms with Crippen LogP contribution in [0.4, 0.5) is 5.95 Å². The molecule has 2 heterocycles. The molecule has 1 unspecified atom stereocenters. The second kappa shape index (κ2) is 16.0. The molecule has 0 aliphatic carbocycles. The molecule has 2 rings (SSSR count). The topological polar surface area (TPSA) is 168 Å². The number of imidazole rings is 1. The predicted octanol–water partition coefficient (Wildman–Crippen LogP) is 3.31. The number of nitrogens with zero attached hydrogens (tertiary/aromatic N) is 3. The Bertz CT molecular complexity index is 1040. The Balaban J connectivity index is 1.94. The Morgan fingerprint density at radius 1 is 1.11 bits per heavy atom. The van der Waals surface area contributed by atoms with Gasteiger partial charge in [0.25, 0.3) is 5.56 Å². The highest BCUT2D eigenvalue weighted by Gasteiger charge is 2.22. The second-order valence-electron chi connectivity index (χ2n) is 9.81. The van der Waals surface area contributed by atoms with Crippen LogP contribution in [0.25, 0.3) is 11.2 Å². The molecule has 2 aromatic rings. The average molecular weight is 521 g/mol. The van der Waals surface area contributed by atoms with Gasteiger partial charge >= 0.3 is 11.9 Å². The maximum Gasteiger partial charge on any atom is 0.323 e. The zero-order valence-corrected chi connectivity index (χ0v) is 22.5. The van der Waals surface area contributed by atoms with Gasteiger partial charge in [-0.05, 0) is 18.8 Å². The van der Waals surface area contributed by atoms with E-state index >= 15 is 0 Å². The fourth-order valence-electron chi connectivity index (χ4n) is 4.03. The van der Waals surface area contributed by atoms with Crippen LogP contribution >= 0.6 is 0 Å². The first-order valence-electron chi connectivity index (χ1n) is 13.5. The first-order valence-corrected chi connectivity index (χ1v) is 13.5. The first-order chi connectivity index (χ1) is 17.8. The van der Waals surface area contributed by atoms with Gasteiger partial charge < -0.3 is 25.5 Å². The highest BCUT2D eigenvalue weighted by atomic mass is 16.5. The van der Waals surface area contributed by atoms with Crippen molar-refractivity contribution in [3.63, 3.8) is 0 Å². The van der Waals surface area contributed by atoms with E-state index in [4.69, 9.17) is 20.9 Å². The van der Waals surface area contributed by atoms with Crippen LogP contribution in [-0.4, -0.2) is 50.7 Å². The summed E-state index contributed by atoms with van der Waals surface area (Å²) in [6.07, 6.45) is 10.9. The molecule has 37 heavy (non-hydrogen) atoms. The average Bonchev–Trinajstić information content (AvgIpc) is 3.28. The van der Waals surface area contributed by atoms with E-state index in [0.717, 1.165) is 25.7 Å². The van der Waals surface area contributed by atoms with Gasteiger partial charge in [-0.3, -0.25) is 19.4 Å². The van der Waals surface area contributed by atoms with E-state index in [2.05, 4.69) is 21.9 Å². The number of nitrogens with two attached hydrogens (primary N) is 2. The van der Waals surface area contributed by atoms with Crippen molar-refractivity contribution in [3.8, 4) is 0 Å². The maximum atomic E-state index is 12.3. The number of hydrogen-bond donors (Lipinski definition) is 3. The fourth-order valence-corrected chi connectivity index (χ4v) is 4.03. The van der Waals surface area contributed by atoms with Crippen molar-refractivity contribution in [2.24, 2.45) is 17.6 Å². The standard InChI is InChI=1S/C26H44N6O5/c1-4-6-7-8-9-10-11-12-20(33)37-16-19(13-14-36-25(35)21(27)18(3)5-2)15-32-17-29-22-23(32)30-26(28)31-24(22)34/h17-19,21H,4-16,27H2,1-3H3,(H3,28,30,31,34)/t18?,19-,21+/m1/s1. The van der Waals surface area contributed by atoms with E-state index in [0.29, 0.717) is 25.0 Å². The Morgan fingerprint density at radius 2 is 1.81 bits per heavy atom. The number of hydrogen-bond acceptors (Lipinski definition) is 9. The number of fused-ring (bicyclic) bond motifs is 1. The number of carbonyl (C=O) groups excluding carboxylic acids is 2. The Hall–Kier alpha value is -2.95. The molecule has 11 nitrogen and oxygen atoms in total. The molecule has 0 fully saturated rings. The van der Waals surface area contributed by atoms with Crippen molar-refractivity contribution >= 4 is 29.1 Å². The molecule has 0 aliphatic rings. The number of anilines is 1. The molecule has 0 bridgehead atoms. The molecule has 0 amide bonds. The van der Waals surface area contributed by atoms with E-state index in [1.54, 1.807) is 4.57 Å². The van der Waals surface area contributed by atoms with Gasteiger partial charge in [-0.2, -0.15) is 4.98 Å². The van der Waals surface area contributed by atoms with Crippen molar-refractivity contribution in [3.05, 3.63) is 16.7 Å². The van der Waals surface area contributed by atoms with Gasteiger partial charge in [0.05, 0.1) is 19.5 Å². The van der Waals surface area contributed by atoms with Gasteiger partial charge in [0, 0.05) is 18.9 Å². The van der Waals surface area contributed by atoms with Crippen LogP contribution in [0.3, 0.4) is 0 Å². The summed E-state index contributed by atoms with van der Waals surface area (Å²) in [6, 6.07) is -0.681. The summed E-state index contributed by atoms with van der Waals surface area (Å²) >= 11 is 0. The molecule has 0 spiro atoms. The maximum absolute atomic E-state index is 12.3. The number of rotatable bonds is 18. The first kappa shape index (κ1) is 30.3. The second-order valence-corrected chi connectivity index (χ2v) is 9.81. The summed E-state index contributed by atoms with van der Waals surface area (Å²) < 4.78 is 12.7. The Kier molecular flexibility index (Phi) is 13.1. The van der Waals surface area contributed by atoms with Crippen LogP contribution in [0.15, 0.2) is 11.1 Å². The van der Waals surface area contributed by atoms with Crippen molar-refractivity contribution < 1.29 is 19.1 Å². The number of ether oxygens (including phenoxy) is 2. The number of aromatic nitrogens is 4. The molecule has 0 saturated heterocycles. The molecule has 208 valence electrons. The van der Waals surface area contributed by atoms with E-state index in [-0.39, 0.29) is 42.5 Å². The quantitative estimate of drug-likeness (QED) is 0.197. The van der Waals surface area contributed by atoms with Crippen LogP contribution < -0.4 is 17.0 Å². The van der Waals surface area contributed by atoms with Crippen LogP contribution in [0.5, 0.6) is 0 Å². The third-order valence-electron chi connectivity index (χ3n) is 6.71. The largest absolute Gasteiger partial charge is 0.465 e. The molecule has 11 heteroatoms. The Morgan fingerprint density at radius 3 is 2.51 bits per heavy atom. The van der Waals surface area contributed by atoms with Crippen molar-refractivity contribution in [2.45, 2.75) is 97.6 Å². The minimum atomic E-state index is -0.681. The van der Waals surface area contributed by atoms with Gasteiger partial charge in [-0.25, -0.2) is 4.98 Å². The summed E-state index contributed by atoms with van der Waals surface area (Å²) in [5, 5.41) is 0. The zero-order valence-electron chi connectivity index (χ0n) is 22.5. The zero-order chi connectivity index (χ0) is 27.2. The monoisotopic (exact) mass is 520 g/mol. The van der Waals surface area contributed by atoms with E-state index < -0.39 is 17.6 Å². The van der Waals surface area contributed by atoms with Gasteiger partial charge in [0.1, 0.15) is 6.04 Å². The SMILES string of the molecule is CCCCCCCCCC(=O)OC[C@H](CCOC(=O)[C@@H](N)C(C)CC)Cn1cnc2c(=O)[nH]c(N)nc21. The van der Waals surface area contributed by atoms with Crippen LogP contribution in [0, 0.1) is 11.8 Å². The fraction of sp³-hybridized carbons (Fsp3) is 0.731. The van der Waals surface area contributed by atoms with Gasteiger partial charge in [-0.15, -0.1) is 0 Å². The third kappa shape index (κ3) is 10.1. The van der Waals surface area contributed by atoms with E-state index in [9.17, 15) is 14.4 Å². The van der Waals surface area contributed by atoms with Crippen molar-refractivity contribution in [2.75, 3.05) is 18.9 Å². The van der Waals surface area contributed by atoms with Crippen molar-refractivity contribution in [1.82, 2.24) is 19.5 Å². The molecule has 0 saturated carbocycles. The molecular weight excluding hydrogens is 476 g/mol. The Labute approximate surface area is 218 Å². The lowest BCUT2D eigenvalue weighted by Crippen LogP contribution is -2.38. The summed E-state index contributed by atoms with van der Waals surface area (Å²) in [6.45, 7) is 6.69. The number of aromatic amines is 1. The lowest BCUT2D eigenvalue weighted by molar-refractivity contribution is -0.149. The van der Waals surface area contributed by atoms with Crippen molar-refractivity contribution in [1.29, 1.82) is 0 Å². The van der Waals surface area contributed by atoms with Gasteiger partial charge in [0.15, 0.2) is 11.2 Å². The summed E-state index contributed by atoms with van der Waals surface area (Å²) in [5.74, 6) is -0.889. The van der Waals surface area contributed by atoms with E-state index in [1.807, 2.05) is 13.8 Å². The highest BCUT2D eigenvalue weighted by Crippen LogP contribution is 2.15. The summed E-state index contributed by atoms with van der Waals surface area (Å²) in [4.78, 5) is 47.5. The normalized spacial score (nSPS) is 13.8. The smallest absolute Gasteiger partial charge is 0.323 e. The number of carbonyl (C=O) groups is 2. The van der Waals surface area contributed by atoms with Crippen LogP contribution in [0.2, 0.25) is 0 Å². The number of nitrogens with one attached hydrogen (secondary N) is 1. The van der Waals surface area contributed by atoms with Crippen LogP contribution in [-0.2, 0) is 25.6 Å². The number of nitrogen functional groups attached to an aromatic ring is 1. The number of H-pyrrole nitrogens is 1. The predicted molar refractivity (Wildman–Crippen MR) is 143 cm³/mol. The lowest BCUT2D eigenvalue weighted by atomic mass is 10.0. The molecule has 2 aromatic heterocycles. The molecular formula is C26H44N6O5. The third-order valence-corrected chi connectivity index (χ3v) is 6.71. The van der Waals surface area contributed by atoms with E-state index in [1.165, 1.54) is 32.0 Å². The molecule has 0 aromatic carbocycles. The molecule has 0 radical (unpaired) electrons. The lowest BCUT2D eigenvalue weighted by Gasteiger charge is -2.20. The molecule has 0 aliphatic heterocycles. The van der Waals surface area contributed by atoms with Gasteiger partial charge in [-0.1, -0.05) is 65.7 Å². The summed E-state index contributed by atoms with van der Waals surface area (Å²) in [5.41, 5.74) is 11.8. The van der Waals surface area contributed by atoms with Gasteiger partial charge in [0.2, 0.25) is 5.95 Å².